The van der Waals surface area contributed by atoms with E-state index >= 15 is 0 Å². The molecule has 2 N–H and O–H groups in total. The molecule has 0 radical (unpaired) electrons. The standard InChI is InChI=1S/C15H28N2O2S/c16-15(14-10-12-5-6-13(14)9-12)11-20(18,19)17-7-3-1-2-4-8-17/h12-15H,1-11,16H2. The lowest BCUT2D eigenvalue weighted by Crippen LogP contribution is -2.44. The van der Waals surface area contributed by atoms with Gasteiger partial charge in [0.15, 0.2) is 0 Å². The predicted molar refractivity (Wildman–Crippen MR) is 80.7 cm³/mol. The second-order valence-electron chi connectivity index (χ2n) is 7.09. The molecule has 3 fully saturated rings. The molecule has 116 valence electrons. The highest BCUT2D eigenvalue weighted by atomic mass is 32.2. The van der Waals surface area contributed by atoms with Crippen LogP contribution in [0.25, 0.3) is 0 Å². The summed E-state index contributed by atoms with van der Waals surface area (Å²) in [5.41, 5.74) is 6.29. The summed E-state index contributed by atoms with van der Waals surface area (Å²) in [5.74, 6) is 2.16. The van der Waals surface area contributed by atoms with Crippen LogP contribution >= 0.6 is 0 Å². The fourth-order valence-corrected chi connectivity index (χ4v) is 6.37. The zero-order valence-electron chi connectivity index (χ0n) is 12.3. The molecule has 0 spiro atoms. The van der Waals surface area contributed by atoms with Crippen molar-refractivity contribution in [2.45, 2.75) is 57.4 Å². The topological polar surface area (TPSA) is 63.4 Å². The summed E-state index contributed by atoms with van der Waals surface area (Å²) in [7, 11) is -3.15. The summed E-state index contributed by atoms with van der Waals surface area (Å²) in [6.45, 7) is 1.40. The van der Waals surface area contributed by atoms with Crippen LogP contribution in [0.5, 0.6) is 0 Å². The van der Waals surface area contributed by atoms with Crippen LogP contribution < -0.4 is 5.73 Å². The molecule has 0 aromatic rings. The molecule has 0 aromatic heterocycles. The lowest BCUT2D eigenvalue weighted by atomic mass is 9.84. The molecule has 4 unspecified atom stereocenters. The van der Waals surface area contributed by atoms with Crippen LogP contribution in [0.3, 0.4) is 0 Å². The zero-order chi connectivity index (χ0) is 14.2. The maximum atomic E-state index is 12.6. The summed E-state index contributed by atoms with van der Waals surface area (Å²) in [6.07, 6.45) is 9.39. The highest BCUT2D eigenvalue weighted by molar-refractivity contribution is 7.89. The molecule has 4 atom stereocenters. The number of hydrogen-bond donors (Lipinski definition) is 1. The van der Waals surface area contributed by atoms with E-state index < -0.39 is 10.0 Å². The fourth-order valence-electron chi connectivity index (χ4n) is 4.61. The van der Waals surface area contributed by atoms with Gasteiger partial charge in [-0.3, -0.25) is 0 Å². The minimum absolute atomic E-state index is 0.154. The van der Waals surface area contributed by atoms with Gasteiger partial charge in [0.2, 0.25) is 10.0 Å². The van der Waals surface area contributed by atoms with E-state index in [1.54, 1.807) is 4.31 Å². The van der Waals surface area contributed by atoms with Crippen LogP contribution in [0.4, 0.5) is 0 Å². The van der Waals surface area contributed by atoms with Gasteiger partial charge in [-0.25, -0.2) is 12.7 Å². The van der Waals surface area contributed by atoms with Crippen LogP contribution in [0.2, 0.25) is 0 Å². The third-order valence-electron chi connectivity index (χ3n) is 5.70. The van der Waals surface area contributed by atoms with Gasteiger partial charge in [0.1, 0.15) is 0 Å². The molecular formula is C15H28N2O2S. The lowest BCUT2D eigenvalue weighted by Gasteiger charge is -2.29. The van der Waals surface area contributed by atoms with E-state index in [0.717, 1.165) is 31.6 Å². The highest BCUT2D eigenvalue weighted by Gasteiger charge is 2.43. The van der Waals surface area contributed by atoms with Crippen molar-refractivity contribution in [3.8, 4) is 0 Å². The van der Waals surface area contributed by atoms with Gasteiger partial charge in [-0.05, 0) is 49.9 Å². The first-order valence-electron chi connectivity index (χ1n) is 8.29. The Bertz CT molecular complexity index is 429. The molecule has 3 rings (SSSR count). The molecule has 1 aliphatic heterocycles. The van der Waals surface area contributed by atoms with E-state index in [1.807, 2.05) is 0 Å². The summed E-state index contributed by atoms with van der Waals surface area (Å²) < 4.78 is 26.8. The van der Waals surface area contributed by atoms with Crippen LogP contribution in [0, 0.1) is 17.8 Å². The van der Waals surface area contributed by atoms with Crippen LogP contribution in [-0.4, -0.2) is 37.6 Å². The molecule has 0 amide bonds. The number of fused-ring (bicyclic) bond motifs is 2. The Morgan fingerprint density at radius 1 is 1.05 bits per heavy atom. The normalized spacial score (nSPS) is 37.0. The van der Waals surface area contributed by atoms with Gasteiger partial charge in [-0.2, -0.15) is 0 Å². The third-order valence-corrected chi connectivity index (χ3v) is 7.66. The van der Waals surface area contributed by atoms with Gasteiger partial charge in [0.05, 0.1) is 5.75 Å². The Morgan fingerprint density at radius 2 is 1.75 bits per heavy atom. The molecule has 20 heavy (non-hydrogen) atoms. The smallest absolute Gasteiger partial charge is 0.215 e. The zero-order valence-corrected chi connectivity index (χ0v) is 13.2. The van der Waals surface area contributed by atoms with Gasteiger partial charge in [0, 0.05) is 19.1 Å². The van der Waals surface area contributed by atoms with Crippen molar-refractivity contribution in [2.24, 2.45) is 23.5 Å². The Kier molecular flexibility index (Phi) is 4.39. The van der Waals surface area contributed by atoms with Crippen molar-refractivity contribution in [1.29, 1.82) is 0 Å². The first kappa shape index (κ1) is 14.8. The molecular weight excluding hydrogens is 272 g/mol. The third kappa shape index (κ3) is 3.04. The van der Waals surface area contributed by atoms with Gasteiger partial charge in [-0.15, -0.1) is 0 Å². The van der Waals surface area contributed by atoms with Crippen molar-refractivity contribution >= 4 is 10.0 Å². The van der Waals surface area contributed by atoms with Crippen molar-refractivity contribution in [3.63, 3.8) is 0 Å². The van der Waals surface area contributed by atoms with Gasteiger partial charge in [-0.1, -0.05) is 19.3 Å². The van der Waals surface area contributed by atoms with Crippen LogP contribution in [-0.2, 0) is 10.0 Å². The maximum Gasteiger partial charge on any atom is 0.215 e. The monoisotopic (exact) mass is 300 g/mol. The number of hydrogen-bond acceptors (Lipinski definition) is 3. The summed E-state index contributed by atoms with van der Waals surface area (Å²) in [5, 5.41) is 0. The molecule has 2 bridgehead atoms. The summed E-state index contributed by atoms with van der Waals surface area (Å²) in [4.78, 5) is 0. The van der Waals surface area contributed by atoms with Gasteiger partial charge in [0.25, 0.3) is 0 Å². The molecule has 5 heteroatoms. The first-order chi connectivity index (χ1) is 9.56. The number of rotatable bonds is 4. The lowest BCUT2D eigenvalue weighted by molar-refractivity contribution is 0.291. The highest BCUT2D eigenvalue weighted by Crippen LogP contribution is 2.49. The molecule has 2 saturated carbocycles. The van der Waals surface area contributed by atoms with Crippen molar-refractivity contribution in [1.82, 2.24) is 4.31 Å². The van der Waals surface area contributed by atoms with Crippen LogP contribution in [0.15, 0.2) is 0 Å². The van der Waals surface area contributed by atoms with Crippen molar-refractivity contribution < 1.29 is 8.42 Å². The Hall–Kier alpha value is -0.130. The average molecular weight is 300 g/mol. The van der Waals surface area contributed by atoms with Gasteiger partial charge < -0.3 is 5.73 Å². The molecule has 0 aromatic carbocycles. The maximum absolute atomic E-state index is 12.6. The number of nitrogens with zero attached hydrogens (tertiary/aromatic N) is 1. The second kappa shape index (κ2) is 5.93. The van der Waals surface area contributed by atoms with Crippen LogP contribution in [0.1, 0.15) is 51.4 Å². The van der Waals surface area contributed by atoms with Gasteiger partial charge >= 0.3 is 0 Å². The molecule has 3 aliphatic rings. The van der Waals surface area contributed by atoms with Crippen molar-refractivity contribution in [2.75, 3.05) is 18.8 Å². The molecule has 2 aliphatic carbocycles. The summed E-state index contributed by atoms with van der Waals surface area (Å²) in [6, 6.07) is -0.154. The largest absolute Gasteiger partial charge is 0.326 e. The first-order valence-corrected chi connectivity index (χ1v) is 9.90. The fraction of sp³-hybridized carbons (Fsp3) is 1.00. The Labute approximate surface area is 123 Å². The Balaban J connectivity index is 1.60. The number of nitrogens with two attached hydrogens (primary N) is 1. The minimum Gasteiger partial charge on any atom is -0.326 e. The van der Waals surface area contributed by atoms with Crippen molar-refractivity contribution in [3.05, 3.63) is 0 Å². The second-order valence-corrected chi connectivity index (χ2v) is 9.11. The summed E-state index contributed by atoms with van der Waals surface area (Å²) >= 11 is 0. The molecule has 4 nitrogen and oxygen atoms in total. The number of sulfonamides is 1. The molecule has 1 saturated heterocycles. The quantitative estimate of drug-likeness (QED) is 0.863. The average Bonchev–Trinajstić information content (AvgIpc) is 2.91. The predicted octanol–water partition coefficient (Wildman–Crippen LogP) is 1.96. The SMILES string of the molecule is NC(CS(=O)(=O)N1CCCCCC1)C1CC2CCC1C2. The van der Waals surface area contributed by atoms with E-state index in [2.05, 4.69) is 0 Å². The minimum atomic E-state index is -3.15. The van der Waals surface area contributed by atoms with E-state index in [9.17, 15) is 8.42 Å². The Morgan fingerprint density at radius 3 is 2.30 bits per heavy atom. The van der Waals surface area contributed by atoms with E-state index in [-0.39, 0.29) is 11.8 Å². The van der Waals surface area contributed by atoms with E-state index in [4.69, 9.17) is 5.73 Å². The van der Waals surface area contributed by atoms with E-state index in [1.165, 1.54) is 25.7 Å². The molecule has 1 heterocycles. The van der Waals surface area contributed by atoms with E-state index in [0.29, 0.717) is 24.9 Å².